The van der Waals surface area contributed by atoms with Crippen molar-refractivity contribution >= 4 is 45.9 Å². The SMILES string of the molecule is CCOCCCNC(=NCc1ccc(S(N)(=O)=O)cc1)NCC(=O)N(C)C.I. The number of nitrogens with two attached hydrogens (primary N) is 1. The first-order valence-electron chi connectivity index (χ1n) is 8.66. The molecule has 0 bridgehead atoms. The number of hydrogen-bond donors (Lipinski definition) is 3. The first kappa shape index (κ1) is 26.6. The number of amides is 1. The highest BCUT2D eigenvalue weighted by atomic mass is 127. The Bertz CT molecular complexity index is 724. The molecular formula is C17H30IN5O4S. The summed E-state index contributed by atoms with van der Waals surface area (Å²) in [6, 6.07) is 6.19. The highest BCUT2D eigenvalue weighted by Gasteiger charge is 2.08. The van der Waals surface area contributed by atoms with Gasteiger partial charge in [0.2, 0.25) is 15.9 Å². The minimum Gasteiger partial charge on any atom is -0.382 e. The number of carbonyl (C=O) groups excluding carboxylic acids is 1. The number of sulfonamides is 1. The van der Waals surface area contributed by atoms with Gasteiger partial charge in [-0.1, -0.05) is 12.1 Å². The van der Waals surface area contributed by atoms with Crippen LogP contribution in [0.25, 0.3) is 0 Å². The van der Waals surface area contributed by atoms with Gasteiger partial charge in [-0.05, 0) is 31.0 Å². The molecule has 0 saturated heterocycles. The molecule has 0 heterocycles. The largest absolute Gasteiger partial charge is 0.382 e. The number of benzene rings is 1. The first-order valence-corrected chi connectivity index (χ1v) is 10.2. The molecule has 1 rings (SSSR count). The van der Waals surface area contributed by atoms with Gasteiger partial charge in [-0.15, -0.1) is 24.0 Å². The fraction of sp³-hybridized carbons (Fsp3) is 0.529. The van der Waals surface area contributed by atoms with Crippen molar-refractivity contribution in [2.24, 2.45) is 10.1 Å². The predicted molar refractivity (Wildman–Crippen MR) is 120 cm³/mol. The number of likely N-dealkylation sites (N-methyl/N-ethyl adjacent to an activating group) is 1. The molecular weight excluding hydrogens is 497 g/mol. The lowest BCUT2D eigenvalue weighted by Gasteiger charge is -2.15. The second-order valence-electron chi connectivity index (χ2n) is 5.97. The van der Waals surface area contributed by atoms with Crippen LogP contribution in [-0.2, 0) is 26.1 Å². The number of hydrogen-bond acceptors (Lipinski definition) is 5. The number of nitrogens with one attached hydrogen (secondary N) is 2. The van der Waals surface area contributed by atoms with Gasteiger partial charge in [-0.3, -0.25) is 4.79 Å². The summed E-state index contributed by atoms with van der Waals surface area (Å²) < 4.78 is 27.9. The Morgan fingerprint density at radius 1 is 1.21 bits per heavy atom. The lowest BCUT2D eigenvalue weighted by Crippen LogP contribution is -2.43. The Labute approximate surface area is 184 Å². The highest BCUT2D eigenvalue weighted by Crippen LogP contribution is 2.09. The minimum absolute atomic E-state index is 0. The van der Waals surface area contributed by atoms with Gasteiger partial charge >= 0.3 is 0 Å². The fourth-order valence-electron chi connectivity index (χ4n) is 1.97. The second kappa shape index (κ2) is 13.7. The second-order valence-corrected chi connectivity index (χ2v) is 7.53. The molecule has 4 N–H and O–H groups in total. The first-order chi connectivity index (χ1) is 12.7. The maximum absolute atomic E-state index is 11.8. The van der Waals surface area contributed by atoms with E-state index in [2.05, 4.69) is 15.6 Å². The summed E-state index contributed by atoms with van der Waals surface area (Å²) in [4.78, 5) is 17.7. The van der Waals surface area contributed by atoms with Gasteiger partial charge in [-0.25, -0.2) is 18.5 Å². The number of nitrogens with zero attached hydrogens (tertiary/aromatic N) is 2. The lowest BCUT2D eigenvalue weighted by molar-refractivity contribution is -0.127. The van der Waals surface area contributed by atoms with Crippen LogP contribution in [0.2, 0.25) is 0 Å². The zero-order valence-corrected chi connectivity index (χ0v) is 19.6. The molecule has 160 valence electrons. The van der Waals surface area contributed by atoms with E-state index < -0.39 is 10.0 Å². The summed E-state index contributed by atoms with van der Waals surface area (Å²) in [5, 5.41) is 11.2. The number of guanidine groups is 1. The summed E-state index contributed by atoms with van der Waals surface area (Å²) in [7, 11) is -0.344. The molecule has 0 atom stereocenters. The van der Waals surface area contributed by atoms with E-state index in [1.54, 1.807) is 26.2 Å². The number of aliphatic imine (C=N–C) groups is 1. The molecule has 0 saturated carbocycles. The van der Waals surface area contributed by atoms with E-state index in [1.807, 2.05) is 6.92 Å². The molecule has 0 radical (unpaired) electrons. The summed E-state index contributed by atoms with van der Waals surface area (Å²) in [6.07, 6.45) is 0.805. The van der Waals surface area contributed by atoms with Crippen LogP contribution in [0, 0.1) is 0 Å². The average Bonchev–Trinajstić information content (AvgIpc) is 2.62. The van der Waals surface area contributed by atoms with Crippen LogP contribution in [0.5, 0.6) is 0 Å². The fourth-order valence-corrected chi connectivity index (χ4v) is 2.49. The number of ether oxygens (including phenoxy) is 1. The molecule has 1 aromatic carbocycles. The third-order valence-corrected chi connectivity index (χ3v) is 4.47. The van der Waals surface area contributed by atoms with Gasteiger partial charge in [0, 0.05) is 33.9 Å². The minimum atomic E-state index is -3.71. The predicted octanol–water partition coefficient (Wildman–Crippen LogP) is 0.502. The van der Waals surface area contributed by atoms with Crippen molar-refractivity contribution in [3.63, 3.8) is 0 Å². The molecule has 9 nitrogen and oxygen atoms in total. The van der Waals surface area contributed by atoms with E-state index in [4.69, 9.17) is 9.88 Å². The molecule has 0 aliphatic carbocycles. The van der Waals surface area contributed by atoms with Crippen molar-refractivity contribution in [3.8, 4) is 0 Å². The molecule has 0 aliphatic rings. The van der Waals surface area contributed by atoms with E-state index in [0.29, 0.717) is 32.3 Å². The zero-order valence-electron chi connectivity index (χ0n) is 16.5. The summed E-state index contributed by atoms with van der Waals surface area (Å²) in [6.45, 7) is 4.34. The van der Waals surface area contributed by atoms with Crippen molar-refractivity contribution in [3.05, 3.63) is 29.8 Å². The van der Waals surface area contributed by atoms with Crippen LogP contribution in [-0.4, -0.2) is 65.6 Å². The third-order valence-electron chi connectivity index (χ3n) is 3.54. The molecule has 1 amide bonds. The Morgan fingerprint density at radius 3 is 2.39 bits per heavy atom. The van der Waals surface area contributed by atoms with Gasteiger partial charge in [0.15, 0.2) is 5.96 Å². The van der Waals surface area contributed by atoms with Gasteiger partial charge in [0.1, 0.15) is 0 Å². The van der Waals surface area contributed by atoms with E-state index in [9.17, 15) is 13.2 Å². The van der Waals surface area contributed by atoms with Crippen LogP contribution in [0.15, 0.2) is 34.2 Å². The van der Waals surface area contributed by atoms with Gasteiger partial charge in [0.05, 0.1) is 18.0 Å². The quantitative estimate of drug-likeness (QED) is 0.176. The number of halogens is 1. The van der Waals surface area contributed by atoms with Crippen molar-refractivity contribution in [2.75, 3.05) is 40.4 Å². The number of primary sulfonamides is 1. The van der Waals surface area contributed by atoms with Crippen LogP contribution in [0.1, 0.15) is 18.9 Å². The molecule has 11 heteroatoms. The van der Waals surface area contributed by atoms with Gasteiger partial charge in [0.25, 0.3) is 0 Å². The van der Waals surface area contributed by atoms with Crippen molar-refractivity contribution in [1.82, 2.24) is 15.5 Å². The molecule has 0 spiro atoms. The van der Waals surface area contributed by atoms with Gasteiger partial charge < -0.3 is 20.3 Å². The Kier molecular flexibility index (Phi) is 13.0. The van der Waals surface area contributed by atoms with Crippen molar-refractivity contribution in [1.29, 1.82) is 0 Å². The lowest BCUT2D eigenvalue weighted by atomic mass is 10.2. The normalized spacial score (nSPS) is 11.5. The van der Waals surface area contributed by atoms with E-state index in [1.165, 1.54) is 17.0 Å². The standard InChI is InChI=1S/C17H29N5O4S.HI/c1-4-26-11-5-10-19-17(21-13-16(23)22(2)3)20-12-14-6-8-15(9-7-14)27(18,24)25;/h6-9H,4-5,10-13H2,1-3H3,(H2,18,24,25)(H2,19,20,21);1H. The number of carbonyl (C=O) groups is 1. The summed E-state index contributed by atoms with van der Waals surface area (Å²) in [5.41, 5.74) is 0.816. The number of rotatable bonds is 10. The monoisotopic (exact) mass is 527 g/mol. The Morgan fingerprint density at radius 2 is 1.86 bits per heavy atom. The van der Waals surface area contributed by atoms with Crippen LogP contribution < -0.4 is 15.8 Å². The summed E-state index contributed by atoms with van der Waals surface area (Å²) >= 11 is 0. The molecule has 0 fully saturated rings. The van der Waals surface area contributed by atoms with E-state index >= 15 is 0 Å². The van der Waals surface area contributed by atoms with Crippen LogP contribution >= 0.6 is 24.0 Å². The van der Waals surface area contributed by atoms with Gasteiger partial charge in [-0.2, -0.15) is 0 Å². The highest BCUT2D eigenvalue weighted by molar-refractivity contribution is 14.0. The molecule has 1 aromatic rings. The van der Waals surface area contributed by atoms with E-state index in [0.717, 1.165) is 12.0 Å². The van der Waals surface area contributed by atoms with Crippen LogP contribution in [0.3, 0.4) is 0 Å². The Hall–Kier alpha value is -1.44. The topological polar surface area (TPSA) is 126 Å². The van der Waals surface area contributed by atoms with Crippen molar-refractivity contribution in [2.45, 2.75) is 24.8 Å². The average molecular weight is 527 g/mol. The molecule has 28 heavy (non-hydrogen) atoms. The summed E-state index contributed by atoms with van der Waals surface area (Å²) in [5.74, 6) is 0.425. The maximum atomic E-state index is 11.8. The van der Waals surface area contributed by atoms with Crippen LogP contribution in [0.4, 0.5) is 0 Å². The molecule has 0 aliphatic heterocycles. The molecule has 0 aromatic heterocycles. The maximum Gasteiger partial charge on any atom is 0.241 e. The third kappa shape index (κ3) is 10.8. The van der Waals surface area contributed by atoms with Crippen molar-refractivity contribution < 1.29 is 17.9 Å². The Balaban J connectivity index is 0.00000729. The van der Waals surface area contributed by atoms with E-state index in [-0.39, 0.29) is 41.3 Å². The smallest absolute Gasteiger partial charge is 0.241 e. The zero-order chi connectivity index (χ0) is 20.3. The molecule has 0 unspecified atom stereocenters.